The Kier molecular flexibility index (Phi) is 7.49. The van der Waals surface area contributed by atoms with Crippen molar-refractivity contribution in [2.24, 2.45) is 5.92 Å². The second-order valence-corrected chi connectivity index (χ2v) is 5.69. The first-order chi connectivity index (χ1) is 9.49. The van der Waals surface area contributed by atoms with Crippen LogP contribution in [0.1, 0.15) is 33.3 Å². The van der Waals surface area contributed by atoms with E-state index in [0.717, 1.165) is 18.5 Å². The van der Waals surface area contributed by atoms with Gasteiger partial charge in [0.2, 0.25) is 0 Å². The molecule has 0 aliphatic heterocycles. The van der Waals surface area contributed by atoms with E-state index in [0.29, 0.717) is 12.5 Å². The van der Waals surface area contributed by atoms with Gasteiger partial charge in [0.25, 0.3) is 0 Å². The van der Waals surface area contributed by atoms with Gasteiger partial charge in [-0.25, -0.2) is 4.39 Å². The molecule has 0 amide bonds. The van der Waals surface area contributed by atoms with Crippen LogP contribution in [0, 0.1) is 11.7 Å². The highest BCUT2D eigenvalue weighted by Crippen LogP contribution is 2.20. The Bertz CT molecular complexity index is 411. The predicted molar refractivity (Wildman–Crippen MR) is 82.8 cm³/mol. The fourth-order valence-corrected chi connectivity index (χ4v) is 2.66. The van der Waals surface area contributed by atoms with Crippen LogP contribution in [0.3, 0.4) is 0 Å². The molecule has 1 aromatic carbocycles. The van der Waals surface area contributed by atoms with Crippen LogP contribution >= 0.6 is 11.6 Å². The van der Waals surface area contributed by atoms with Gasteiger partial charge >= 0.3 is 0 Å². The van der Waals surface area contributed by atoms with E-state index in [1.54, 1.807) is 12.1 Å². The molecule has 1 N–H and O–H groups in total. The zero-order chi connectivity index (χ0) is 15.1. The summed E-state index contributed by atoms with van der Waals surface area (Å²) in [4.78, 5) is 0. The lowest BCUT2D eigenvalue weighted by molar-refractivity contribution is 0.00395. The summed E-state index contributed by atoms with van der Waals surface area (Å²) >= 11 is 5.85. The zero-order valence-corrected chi connectivity index (χ0v) is 13.5. The van der Waals surface area contributed by atoms with E-state index in [2.05, 4.69) is 26.1 Å². The average molecular weight is 302 g/mol. The number of nitrogens with one attached hydrogen (secondary N) is 1. The molecule has 0 heterocycles. The zero-order valence-electron chi connectivity index (χ0n) is 12.7. The van der Waals surface area contributed by atoms with Gasteiger partial charge < -0.3 is 10.1 Å². The molecule has 0 aliphatic rings. The van der Waals surface area contributed by atoms with E-state index >= 15 is 0 Å². The predicted octanol–water partition coefficient (Wildman–Crippen LogP) is 4.06. The van der Waals surface area contributed by atoms with Crippen molar-refractivity contribution in [3.63, 3.8) is 0 Å². The second-order valence-electron chi connectivity index (χ2n) is 5.28. The van der Waals surface area contributed by atoms with Crippen LogP contribution in [0.5, 0.6) is 0 Å². The molecule has 0 bridgehead atoms. The summed E-state index contributed by atoms with van der Waals surface area (Å²) in [5.74, 6) is 0.0376. The molecule has 2 nitrogen and oxygen atoms in total. The van der Waals surface area contributed by atoms with E-state index in [9.17, 15) is 4.39 Å². The first-order valence-electron chi connectivity index (χ1n) is 7.28. The van der Waals surface area contributed by atoms with Crippen LogP contribution in [-0.2, 0) is 11.2 Å². The van der Waals surface area contributed by atoms with Crippen molar-refractivity contribution in [1.29, 1.82) is 0 Å². The molecule has 2 atom stereocenters. The maximum absolute atomic E-state index is 13.2. The SMILES string of the molecule is CCNC(Cc1ccc(F)c(Cl)c1)C(OCC)C(C)C. The molecule has 0 saturated heterocycles. The van der Waals surface area contributed by atoms with Gasteiger partial charge in [0, 0.05) is 12.6 Å². The Hall–Kier alpha value is -0.640. The van der Waals surface area contributed by atoms with E-state index in [1.165, 1.54) is 6.07 Å². The molecule has 0 fully saturated rings. The molecule has 0 aliphatic carbocycles. The maximum atomic E-state index is 13.2. The number of hydrogen-bond acceptors (Lipinski definition) is 2. The van der Waals surface area contributed by atoms with Gasteiger partial charge in [-0.05, 0) is 43.5 Å². The molecule has 1 aromatic rings. The number of rotatable bonds is 8. The summed E-state index contributed by atoms with van der Waals surface area (Å²) in [6.07, 6.45) is 0.903. The van der Waals surface area contributed by atoms with Gasteiger partial charge in [0.1, 0.15) is 5.82 Å². The second kappa shape index (κ2) is 8.60. The lowest BCUT2D eigenvalue weighted by Crippen LogP contribution is -2.45. The third kappa shape index (κ3) is 5.04. The van der Waals surface area contributed by atoms with Crippen LogP contribution in [-0.4, -0.2) is 25.3 Å². The van der Waals surface area contributed by atoms with Crippen molar-refractivity contribution < 1.29 is 9.13 Å². The fraction of sp³-hybridized carbons (Fsp3) is 0.625. The minimum absolute atomic E-state index is 0.128. The Balaban J connectivity index is 2.86. The van der Waals surface area contributed by atoms with Gasteiger partial charge in [-0.3, -0.25) is 0 Å². The molecule has 0 saturated carbocycles. The minimum atomic E-state index is -0.374. The topological polar surface area (TPSA) is 21.3 Å². The lowest BCUT2D eigenvalue weighted by atomic mass is 9.93. The summed E-state index contributed by atoms with van der Waals surface area (Å²) in [5.41, 5.74) is 1.02. The molecule has 0 radical (unpaired) electrons. The van der Waals surface area contributed by atoms with Crippen molar-refractivity contribution in [3.05, 3.63) is 34.6 Å². The Morgan fingerprint density at radius 3 is 2.50 bits per heavy atom. The van der Waals surface area contributed by atoms with Crippen LogP contribution in [0.25, 0.3) is 0 Å². The molecule has 0 spiro atoms. The summed E-state index contributed by atoms with van der Waals surface area (Å²) in [6.45, 7) is 9.95. The van der Waals surface area contributed by atoms with Crippen molar-refractivity contribution >= 4 is 11.6 Å². The molecule has 20 heavy (non-hydrogen) atoms. The Labute approximate surface area is 126 Å². The van der Waals surface area contributed by atoms with E-state index in [1.807, 2.05) is 6.92 Å². The highest BCUT2D eigenvalue weighted by molar-refractivity contribution is 6.30. The quantitative estimate of drug-likeness (QED) is 0.782. The third-order valence-electron chi connectivity index (χ3n) is 3.32. The standard InChI is InChI=1S/C16H25ClFNO/c1-5-19-15(16(11(3)4)20-6-2)10-12-7-8-14(18)13(17)9-12/h7-9,11,15-16,19H,5-6,10H2,1-4H3. The highest BCUT2D eigenvalue weighted by Gasteiger charge is 2.24. The molecular formula is C16H25ClFNO. The van der Waals surface area contributed by atoms with Gasteiger partial charge in [0.05, 0.1) is 11.1 Å². The van der Waals surface area contributed by atoms with Crippen LogP contribution in [0.15, 0.2) is 18.2 Å². The van der Waals surface area contributed by atoms with Crippen LogP contribution in [0.2, 0.25) is 5.02 Å². The van der Waals surface area contributed by atoms with Gasteiger partial charge in [0.15, 0.2) is 0 Å². The molecule has 4 heteroatoms. The number of halogens is 2. The van der Waals surface area contributed by atoms with E-state index in [-0.39, 0.29) is 23.0 Å². The summed E-state index contributed by atoms with van der Waals surface area (Å²) in [7, 11) is 0. The Morgan fingerprint density at radius 1 is 1.30 bits per heavy atom. The smallest absolute Gasteiger partial charge is 0.141 e. The average Bonchev–Trinajstić information content (AvgIpc) is 2.39. The van der Waals surface area contributed by atoms with Crippen LogP contribution in [0.4, 0.5) is 4.39 Å². The monoisotopic (exact) mass is 301 g/mol. The van der Waals surface area contributed by atoms with Crippen molar-refractivity contribution in [2.75, 3.05) is 13.2 Å². The molecular weight excluding hydrogens is 277 g/mol. The molecule has 1 rings (SSSR count). The summed E-state index contributed by atoms with van der Waals surface area (Å²) in [5, 5.41) is 3.65. The van der Waals surface area contributed by atoms with Crippen molar-refractivity contribution in [2.45, 2.75) is 46.3 Å². The van der Waals surface area contributed by atoms with Crippen LogP contribution < -0.4 is 5.32 Å². The fourth-order valence-electron chi connectivity index (χ4n) is 2.45. The largest absolute Gasteiger partial charge is 0.377 e. The van der Waals surface area contributed by atoms with Crippen molar-refractivity contribution in [1.82, 2.24) is 5.32 Å². The number of hydrogen-bond donors (Lipinski definition) is 1. The van der Waals surface area contributed by atoms with E-state index < -0.39 is 0 Å². The van der Waals surface area contributed by atoms with Gasteiger partial charge in [-0.15, -0.1) is 0 Å². The number of benzene rings is 1. The third-order valence-corrected chi connectivity index (χ3v) is 3.61. The number of ether oxygens (including phenoxy) is 1. The van der Waals surface area contributed by atoms with E-state index in [4.69, 9.17) is 16.3 Å². The summed E-state index contributed by atoms with van der Waals surface area (Å²) in [6, 6.07) is 5.10. The van der Waals surface area contributed by atoms with Gasteiger partial charge in [-0.1, -0.05) is 38.4 Å². The highest BCUT2D eigenvalue weighted by atomic mass is 35.5. The first kappa shape index (κ1) is 17.4. The number of likely N-dealkylation sites (N-methyl/N-ethyl adjacent to an activating group) is 1. The van der Waals surface area contributed by atoms with Gasteiger partial charge in [-0.2, -0.15) is 0 Å². The van der Waals surface area contributed by atoms with Crippen molar-refractivity contribution in [3.8, 4) is 0 Å². The summed E-state index contributed by atoms with van der Waals surface area (Å²) < 4.78 is 19.1. The molecule has 0 aromatic heterocycles. The lowest BCUT2D eigenvalue weighted by Gasteiger charge is -2.31. The molecule has 2 unspecified atom stereocenters. The maximum Gasteiger partial charge on any atom is 0.141 e. The Morgan fingerprint density at radius 2 is 2.00 bits per heavy atom. The normalized spacial score (nSPS) is 14.6. The molecule has 114 valence electrons. The minimum Gasteiger partial charge on any atom is -0.377 e. The first-order valence-corrected chi connectivity index (χ1v) is 7.66.